The van der Waals surface area contributed by atoms with Crippen molar-refractivity contribution in [3.05, 3.63) is 29.6 Å². The van der Waals surface area contributed by atoms with Gasteiger partial charge in [-0.2, -0.15) is 4.31 Å². The van der Waals surface area contributed by atoms with Gasteiger partial charge in [0.15, 0.2) is 0 Å². The fourth-order valence-corrected chi connectivity index (χ4v) is 4.34. The second-order valence-electron chi connectivity index (χ2n) is 5.65. The lowest BCUT2D eigenvalue weighted by Gasteiger charge is -2.40. The minimum atomic E-state index is -3.44. The Morgan fingerprint density at radius 2 is 2.09 bits per heavy atom. The first-order valence-electron chi connectivity index (χ1n) is 7.49. The van der Waals surface area contributed by atoms with Crippen LogP contribution in [0.15, 0.2) is 18.2 Å². The van der Waals surface area contributed by atoms with Crippen molar-refractivity contribution >= 4 is 21.7 Å². The fourth-order valence-electron chi connectivity index (χ4n) is 2.84. The summed E-state index contributed by atoms with van der Waals surface area (Å²) >= 11 is 0. The highest BCUT2D eigenvalue weighted by molar-refractivity contribution is 7.89. The summed E-state index contributed by atoms with van der Waals surface area (Å²) in [5, 5.41) is 9.49. The number of aliphatic carboxylic acids is 1. The molecule has 1 fully saturated rings. The number of sulfonamides is 1. The molecule has 1 aromatic rings. The van der Waals surface area contributed by atoms with E-state index in [1.807, 2.05) is 0 Å². The molecule has 1 aliphatic heterocycles. The van der Waals surface area contributed by atoms with Gasteiger partial charge in [0, 0.05) is 25.3 Å². The Bertz CT molecular complexity index is 693. The second-order valence-corrected chi connectivity index (χ2v) is 7.74. The molecule has 1 heterocycles. The number of rotatable bonds is 5. The van der Waals surface area contributed by atoms with Gasteiger partial charge in [-0.3, -0.25) is 0 Å². The molecular formula is C15H21FN2O4S. The molecule has 0 amide bonds. The summed E-state index contributed by atoms with van der Waals surface area (Å²) in [7, 11) is -3.44. The van der Waals surface area contributed by atoms with Crippen LogP contribution < -0.4 is 4.90 Å². The first-order chi connectivity index (χ1) is 10.8. The summed E-state index contributed by atoms with van der Waals surface area (Å²) in [6.07, 6.45) is 0.483. The number of carboxylic acids is 1. The van der Waals surface area contributed by atoms with E-state index in [0.29, 0.717) is 17.7 Å². The van der Waals surface area contributed by atoms with Crippen LogP contribution >= 0.6 is 0 Å². The van der Waals surface area contributed by atoms with Crippen LogP contribution in [0, 0.1) is 12.7 Å². The smallest absolute Gasteiger partial charge is 0.327 e. The minimum Gasteiger partial charge on any atom is -0.480 e. The van der Waals surface area contributed by atoms with E-state index in [1.165, 1.54) is 22.5 Å². The number of aryl methyl sites for hydroxylation is 1. The Morgan fingerprint density at radius 1 is 1.39 bits per heavy atom. The van der Waals surface area contributed by atoms with E-state index >= 15 is 0 Å². The number of benzene rings is 1. The average molecular weight is 344 g/mol. The third-order valence-corrected chi connectivity index (χ3v) is 5.99. The highest BCUT2D eigenvalue weighted by atomic mass is 32.2. The number of halogens is 1. The van der Waals surface area contributed by atoms with Crippen LogP contribution in [0.25, 0.3) is 0 Å². The van der Waals surface area contributed by atoms with Crippen molar-refractivity contribution in [3.63, 3.8) is 0 Å². The SMILES string of the molecule is CCCS(=O)(=O)N1CCN(c2ccc(F)cc2C)C(C(=O)O)C1. The summed E-state index contributed by atoms with van der Waals surface area (Å²) in [6.45, 7) is 3.85. The zero-order valence-corrected chi connectivity index (χ0v) is 14.0. The van der Waals surface area contributed by atoms with E-state index in [4.69, 9.17) is 0 Å². The van der Waals surface area contributed by atoms with Gasteiger partial charge in [0.1, 0.15) is 11.9 Å². The van der Waals surface area contributed by atoms with Crippen molar-refractivity contribution in [1.29, 1.82) is 0 Å². The molecule has 0 bridgehead atoms. The predicted molar refractivity (Wildman–Crippen MR) is 85.6 cm³/mol. The van der Waals surface area contributed by atoms with Gasteiger partial charge in [-0.05, 0) is 37.1 Å². The molecule has 2 rings (SSSR count). The van der Waals surface area contributed by atoms with Crippen LogP contribution in [0.1, 0.15) is 18.9 Å². The summed E-state index contributed by atoms with van der Waals surface area (Å²) in [6, 6.07) is 3.17. The van der Waals surface area contributed by atoms with Gasteiger partial charge in [0.2, 0.25) is 10.0 Å². The number of hydrogen-bond acceptors (Lipinski definition) is 4. The van der Waals surface area contributed by atoms with Crippen LogP contribution in [-0.4, -0.2) is 55.2 Å². The van der Waals surface area contributed by atoms with E-state index < -0.39 is 22.0 Å². The van der Waals surface area contributed by atoms with E-state index in [2.05, 4.69) is 0 Å². The molecule has 6 nitrogen and oxygen atoms in total. The van der Waals surface area contributed by atoms with Crippen molar-refractivity contribution in [2.24, 2.45) is 0 Å². The molecular weight excluding hydrogens is 323 g/mol. The first kappa shape index (κ1) is 17.7. The second kappa shape index (κ2) is 6.84. The molecule has 1 N–H and O–H groups in total. The largest absolute Gasteiger partial charge is 0.480 e. The van der Waals surface area contributed by atoms with Crippen molar-refractivity contribution < 1.29 is 22.7 Å². The molecule has 0 saturated carbocycles. The van der Waals surface area contributed by atoms with Crippen molar-refractivity contribution in [3.8, 4) is 0 Å². The first-order valence-corrected chi connectivity index (χ1v) is 9.10. The van der Waals surface area contributed by atoms with Gasteiger partial charge in [0.25, 0.3) is 0 Å². The van der Waals surface area contributed by atoms with Crippen LogP contribution in [0.5, 0.6) is 0 Å². The van der Waals surface area contributed by atoms with Crippen LogP contribution in [0.2, 0.25) is 0 Å². The summed E-state index contributed by atoms with van der Waals surface area (Å²) < 4.78 is 38.8. The van der Waals surface area contributed by atoms with Crippen molar-refractivity contribution in [2.75, 3.05) is 30.3 Å². The number of carboxylic acid groups (broad SMARTS) is 1. The minimum absolute atomic E-state index is 0.00884. The molecule has 1 saturated heterocycles. The van der Waals surface area contributed by atoms with Gasteiger partial charge in [-0.15, -0.1) is 0 Å². The van der Waals surface area contributed by atoms with E-state index in [9.17, 15) is 22.7 Å². The number of piperazine rings is 1. The highest BCUT2D eigenvalue weighted by Gasteiger charge is 2.37. The Balaban J connectivity index is 2.29. The normalized spacial score (nSPS) is 19.8. The molecule has 1 aliphatic rings. The van der Waals surface area contributed by atoms with E-state index in [-0.39, 0.29) is 31.2 Å². The van der Waals surface area contributed by atoms with Gasteiger partial charge in [0.05, 0.1) is 5.75 Å². The molecule has 0 aliphatic carbocycles. The lowest BCUT2D eigenvalue weighted by atomic mass is 10.1. The summed E-state index contributed by atoms with van der Waals surface area (Å²) in [5.74, 6) is -1.47. The molecule has 8 heteroatoms. The molecule has 1 aromatic carbocycles. The van der Waals surface area contributed by atoms with Crippen LogP contribution in [-0.2, 0) is 14.8 Å². The molecule has 0 radical (unpaired) electrons. The van der Waals surface area contributed by atoms with E-state index in [0.717, 1.165) is 0 Å². The topological polar surface area (TPSA) is 77.9 Å². The zero-order chi connectivity index (χ0) is 17.2. The Morgan fingerprint density at radius 3 is 2.65 bits per heavy atom. The Kier molecular flexibility index (Phi) is 5.26. The fraction of sp³-hybridized carbons (Fsp3) is 0.533. The standard InChI is InChI=1S/C15H21FN2O4S/c1-3-8-23(21,22)17-6-7-18(14(10-17)15(19)20)13-5-4-12(16)9-11(13)2/h4-5,9,14H,3,6-8,10H2,1-2H3,(H,19,20). The lowest BCUT2D eigenvalue weighted by Crippen LogP contribution is -2.58. The van der Waals surface area contributed by atoms with E-state index in [1.54, 1.807) is 18.7 Å². The number of anilines is 1. The lowest BCUT2D eigenvalue weighted by molar-refractivity contribution is -0.139. The van der Waals surface area contributed by atoms with Gasteiger partial charge in [-0.25, -0.2) is 17.6 Å². The molecule has 0 aromatic heterocycles. The maximum Gasteiger partial charge on any atom is 0.327 e. The zero-order valence-electron chi connectivity index (χ0n) is 13.2. The van der Waals surface area contributed by atoms with Gasteiger partial charge >= 0.3 is 5.97 Å². The molecule has 1 atom stereocenters. The average Bonchev–Trinajstić information content (AvgIpc) is 2.46. The van der Waals surface area contributed by atoms with Crippen molar-refractivity contribution in [1.82, 2.24) is 4.31 Å². The van der Waals surface area contributed by atoms with Gasteiger partial charge in [-0.1, -0.05) is 6.92 Å². The quantitative estimate of drug-likeness (QED) is 0.875. The monoisotopic (exact) mass is 344 g/mol. The molecule has 0 spiro atoms. The number of carbonyl (C=O) groups is 1. The third kappa shape index (κ3) is 3.81. The predicted octanol–water partition coefficient (Wildman–Crippen LogP) is 1.45. The summed E-state index contributed by atoms with van der Waals surface area (Å²) in [5.41, 5.74) is 1.24. The molecule has 23 heavy (non-hydrogen) atoms. The number of hydrogen-bond donors (Lipinski definition) is 1. The Labute approximate surface area is 135 Å². The van der Waals surface area contributed by atoms with Crippen LogP contribution in [0.3, 0.4) is 0 Å². The maximum absolute atomic E-state index is 13.3. The third-order valence-electron chi connectivity index (χ3n) is 3.95. The highest BCUT2D eigenvalue weighted by Crippen LogP contribution is 2.26. The molecule has 1 unspecified atom stereocenters. The van der Waals surface area contributed by atoms with Crippen LogP contribution in [0.4, 0.5) is 10.1 Å². The van der Waals surface area contributed by atoms with Gasteiger partial charge < -0.3 is 10.0 Å². The number of nitrogens with zero attached hydrogens (tertiary/aromatic N) is 2. The summed E-state index contributed by atoms with van der Waals surface area (Å²) in [4.78, 5) is 13.2. The maximum atomic E-state index is 13.3. The Hall–Kier alpha value is -1.67. The molecule has 128 valence electrons. The van der Waals surface area contributed by atoms with Crippen molar-refractivity contribution in [2.45, 2.75) is 26.3 Å².